The Morgan fingerprint density at radius 3 is 2.08 bits per heavy atom. The molecule has 0 bridgehead atoms. The molecule has 0 aromatic heterocycles. The molecule has 3 aromatic carbocycles. The van der Waals surface area contributed by atoms with Gasteiger partial charge >= 0.3 is 6.18 Å². The molecule has 1 fully saturated rings. The number of carbonyl (C=O) groups is 1. The number of halogens is 4. The summed E-state index contributed by atoms with van der Waals surface area (Å²) in [6, 6.07) is 19.9. The second-order valence-corrected chi connectivity index (χ2v) is 9.69. The van der Waals surface area contributed by atoms with Gasteiger partial charge < -0.3 is 14.4 Å². The summed E-state index contributed by atoms with van der Waals surface area (Å²) in [6.07, 6.45) is -4.34. The molecule has 0 aliphatic carbocycles. The van der Waals surface area contributed by atoms with Gasteiger partial charge in [-0.05, 0) is 53.1 Å². The summed E-state index contributed by atoms with van der Waals surface area (Å²) in [5, 5.41) is 0.610. The molecule has 202 valence electrons. The second kappa shape index (κ2) is 12.7. The molecular formula is C29H30ClF3N2O3. The molecule has 0 N–H and O–H groups in total. The van der Waals surface area contributed by atoms with E-state index in [4.69, 9.17) is 21.1 Å². The molecule has 5 nitrogen and oxygen atoms in total. The number of hydrogen-bond acceptors (Lipinski definition) is 4. The van der Waals surface area contributed by atoms with Crippen molar-refractivity contribution in [2.24, 2.45) is 0 Å². The quantitative estimate of drug-likeness (QED) is 0.329. The first kappa shape index (κ1) is 28.0. The van der Waals surface area contributed by atoms with Crippen LogP contribution in [0.15, 0.2) is 72.8 Å². The second-order valence-electron chi connectivity index (χ2n) is 9.25. The Morgan fingerprint density at radius 2 is 1.50 bits per heavy atom. The third-order valence-electron chi connectivity index (χ3n) is 6.64. The number of amides is 1. The number of nitrogens with zero attached hydrogens (tertiary/aromatic N) is 2. The average Bonchev–Trinajstić information content (AvgIpc) is 2.92. The van der Waals surface area contributed by atoms with Crippen LogP contribution < -0.4 is 4.74 Å². The summed E-state index contributed by atoms with van der Waals surface area (Å²) in [5.41, 5.74) is 1.85. The fraction of sp³-hybridized carbons (Fsp3) is 0.345. The van der Waals surface area contributed by atoms with E-state index in [-0.39, 0.29) is 18.6 Å². The Kier molecular flexibility index (Phi) is 9.31. The van der Waals surface area contributed by atoms with Gasteiger partial charge in [-0.15, -0.1) is 0 Å². The minimum atomic E-state index is -4.37. The van der Waals surface area contributed by atoms with E-state index < -0.39 is 11.7 Å². The zero-order chi connectivity index (χ0) is 27.1. The van der Waals surface area contributed by atoms with Crippen LogP contribution in [-0.2, 0) is 28.7 Å². The smallest absolute Gasteiger partial charge is 0.416 e. The number of benzene rings is 3. The third-order valence-corrected chi connectivity index (χ3v) is 6.89. The van der Waals surface area contributed by atoms with Crippen molar-refractivity contribution in [3.8, 4) is 5.75 Å². The van der Waals surface area contributed by atoms with Crippen LogP contribution in [0.25, 0.3) is 0 Å². The van der Waals surface area contributed by atoms with Crippen LogP contribution in [0.2, 0.25) is 5.02 Å². The first-order valence-corrected chi connectivity index (χ1v) is 12.8. The molecule has 0 radical (unpaired) electrons. The van der Waals surface area contributed by atoms with Crippen LogP contribution in [0.1, 0.15) is 28.4 Å². The van der Waals surface area contributed by atoms with Crippen LogP contribution in [0.4, 0.5) is 13.2 Å². The normalized spacial score (nSPS) is 15.3. The van der Waals surface area contributed by atoms with E-state index in [1.165, 1.54) is 12.1 Å². The third kappa shape index (κ3) is 7.72. The van der Waals surface area contributed by atoms with E-state index in [0.717, 1.165) is 29.0 Å². The van der Waals surface area contributed by atoms with Gasteiger partial charge in [0, 0.05) is 37.7 Å². The Hall–Kier alpha value is -3.07. The van der Waals surface area contributed by atoms with Gasteiger partial charge in [-0.25, -0.2) is 0 Å². The zero-order valence-corrected chi connectivity index (χ0v) is 21.8. The molecule has 1 heterocycles. The predicted molar refractivity (Wildman–Crippen MR) is 140 cm³/mol. The number of piperazine rings is 1. The Bertz CT molecular complexity index is 1180. The summed E-state index contributed by atoms with van der Waals surface area (Å²) in [4.78, 5) is 16.9. The molecule has 0 saturated carbocycles. The molecule has 1 saturated heterocycles. The Balaban J connectivity index is 1.34. The first-order valence-electron chi connectivity index (χ1n) is 12.4. The number of ether oxygens (including phenoxy) is 2. The SMILES string of the molecule is COc1ccc(CC(=O)N2CCN(C[C@@H](OCc3ccc(C(F)(F)F)cc3)c3ccc(Cl)cc3)CC2)cc1. The van der Waals surface area contributed by atoms with Crippen molar-refractivity contribution in [3.63, 3.8) is 0 Å². The largest absolute Gasteiger partial charge is 0.497 e. The molecule has 1 aliphatic heterocycles. The van der Waals surface area contributed by atoms with Crippen LogP contribution in [0, 0.1) is 0 Å². The molecule has 9 heteroatoms. The van der Waals surface area contributed by atoms with Gasteiger partial charge in [0.25, 0.3) is 0 Å². The van der Waals surface area contributed by atoms with E-state index in [9.17, 15) is 18.0 Å². The highest BCUT2D eigenvalue weighted by molar-refractivity contribution is 6.30. The van der Waals surface area contributed by atoms with E-state index in [1.807, 2.05) is 41.3 Å². The van der Waals surface area contributed by atoms with Crippen LogP contribution in [-0.4, -0.2) is 55.5 Å². The highest BCUT2D eigenvalue weighted by atomic mass is 35.5. The van der Waals surface area contributed by atoms with Crippen LogP contribution in [0.3, 0.4) is 0 Å². The van der Waals surface area contributed by atoms with Crippen molar-refractivity contribution in [2.75, 3.05) is 39.8 Å². The monoisotopic (exact) mass is 546 g/mol. The van der Waals surface area contributed by atoms with Gasteiger partial charge in [-0.2, -0.15) is 13.2 Å². The fourth-order valence-electron chi connectivity index (χ4n) is 4.36. The minimum absolute atomic E-state index is 0.0858. The molecule has 0 unspecified atom stereocenters. The maximum absolute atomic E-state index is 12.9. The lowest BCUT2D eigenvalue weighted by Crippen LogP contribution is -2.50. The van der Waals surface area contributed by atoms with Gasteiger partial charge in [0.15, 0.2) is 0 Å². The van der Waals surface area contributed by atoms with E-state index in [1.54, 1.807) is 19.2 Å². The van der Waals surface area contributed by atoms with Crippen molar-refractivity contribution in [2.45, 2.75) is 25.3 Å². The molecule has 1 amide bonds. The van der Waals surface area contributed by atoms with Crippen LogP contribution >= 0.6 is 11.6 Å². The predicted octanol–water partition coefficient (Wildman–Crippen LogP) is 6.01. The Labute approximate surface area is 225 Å². The van der Waals surface area contributed by atoms with E-state index >= 15 is 0 Å². The minimum Gasteiger partial charge on any atom is -0.497 e. The molecule has 38 heavy (non-hydrogen) atoms. The first-order chi connectivity index (χ1) is 18.2. The van der Waals surface area contributed by atoms with Crippen molar-refractivity contribution >= 4 is 17.5 Å². The summed E-state index contributed by atoms with van der Waals surface area (Å²) >= 11 is 6.06. The molecule has 1 atom stereocenters. The fourth-order valence-corrected chi connectivity index (χ4v) is 4.49. The number of carbonyl (C=O) groups excluding carboxylic acids is 1. The van der Waals surface area contributed by atoms with Gasteiger partial charge in [0.2, 0.25) is 5.91 Å². The maximum Gasteiger partial charge on any atom is 0.416 e. The number of alkyl halides is 3. The lowest BCUT2D eigenvalue weighted by Gasteiger charge is -2.36. The average molecular weight is 547 g/mol. The van der Waals surface area contributed by atoms with Crippen molar-refractivity contribution in [1.82, 2.24) is 9.80 Å². The topological polar surface area (TPSA) is 42.0 Å². The van der Waals surface area contributed by atoms with Crippen molar-refractivity contribution in [1.29, 1.82) is 0 Å². The standard InChI is InChI=1S/C29H30ClF3N2O3/c1-37-26-12-4-21(5-13-26)18-28(36)35-16-14-34(15-17-35)19-27(23-6-10-25(30)11-7-23)38-20-22-2-8-24(9-3-22)29(31,32)33/h2-13,27H,14-20H2,1H3/t27-/m1/s1. The number of methoxy groups -OCH3 is 1. The molecule has 3 aromatic rings. The lowest BCUT2D eigenvalue weighted by atomic mass is 10.1. The lowest BCUT2D eigenvalue weighted by molar-refractivity contribution is -0.137. The highest BCUT2D eigenvalue weighted by Crippen LogP contribution is 2.30. The van der Waals surface area contributed by atoms with E-state index in [0.29, 0.717) is 49.7 Å². The molecular weight excluding hydrogens is 517 g/mol. The maximum atomic E-state index is 12.9. The van der Waals surface area contributed by atoms with Crippen LogP contribution in [0.5, 0.6) is 5.75 Å². The highest BCUT2D eigenvalue weighted by Gasteiger charge is 2.30. The number of rotatable bonds is 9. The zero-order valence-electron chi connectivity index (χ0n) is 21.1. The van der Waals surface area contributed by atoms with Gasteiger partial charge in [0.05, 0.1) is 31.8 Å². The van der Waals surface area contributed by atoms with Gasteiger partial charge in [-0.3, -0.25) is 9.69 Å². The summed E-state index contributed by atoms with van der Waals surface area (Å²) < 4.78 is 50.0. The van der Waals surface area contributed by atoms with Gasteiger partial charge in [0.1, 0.15) is 5.75 Å². The molecule has 1 aliphatic rings. The number of hydrogen-bond donors (Lipinski definition) is 0. The van der Waals surface area contributed by atoms with Crippen molar-refractivity contribution in [3.05, 3.63) is 100 Å². The summed E-state index contributed by atoms with van der Waals surface area (Å²) in [5.74, 6) is 0.841. The van der Waals surface area contributed by atoms with Crippen molar-refractivity contribution < 1.29 is 27.4 Å². The summed E-state index contributed by atoms with van der Waals surface area (Å²) in [6.45, 7) is 3.38. The molecule has 4 rings (SSSR count). The van der Waals surface area contributed by atoms with Gasteiger partial charge in [-0.1, -0.05) is 48.0 Å². The summed E-state index contributed by atoms with van der Waals surface area (Å²) in [7, 11) is 1.61. The van der Waals surface area contributed by atoms with E-state index in [2.05, 4.69) is 4.90 Å². The molecule has 0 spiro atoms. The Morgan fingerprint density at radius 1 is 0.895 bits per heavy atom.